The molecule has 20 heavy (non-hydrogen) atoms. The molecule has 0 fully saturated rings. The lowest BCUT2D eigenvalue weighted by atomic mass is 10.1. The Hall–Kier alpha value is -1.72. The van der Waals surface area contributed by atoms with Gasteiger partial charge in [-0.2, -0.15) is 4.98 Å². The summed E-state index contributed by atoms with van der Waals surface area (Å²) in [5.74, 6) is 1.58. The molecular weight excluding hydrogens is 254 g/mol. The molecule has 2 aromatic rings. The molecule has 1 aromatic carbocycles. The number of nitrogens with zero attached hydrogens (tertiary/aromatic N) is 2. The highest BCUT2D eigenvalue weighted by Gasteiger charge is 2.27. The van der Waals surface area contributed by atoms with Gasteiger partial charge in [0, 0.05) is 19.6 Å². The van der Waals surface area contributed by atoms with Crippen molar-refractivity contribution in [2.75, 3.05) is 13.7 Å². The number of hydrogen-bond donors (Lipinski definition) is 1. The van der Waals surface area contributed by atoms with Gasteiger partial charge in [-0.1, -0.05) is 29.4 Å². The maximum Gasteiger partial charge on any atom is 0.243 e. The lowest BCUT2D eigenvalue weighted by molar-refractivity contribution is 0.182. The van der Waals surface area contributed by atoms with Gasteiger partial charge in [0.05, 0.1) is 6.04 Å². The van der Waals surface area contributed by atoms with Gasteiger partial charge >= 0.3 is 0 Å². The molecule has 3 rings (SSSR count). The molecule has 2 N–H and O–H groups in total. The highest BCUT2D eigenvalue weighted by Crippen LogP contribution is 2.32. The largest absolute Gasteiger partial charge is 0.385 e. The Morgan fingerprint density at radius 2 is 2.05 bits per heavy atom. The third-order valence-corrected chi connectivity index (χ3v) is 3.82. The number of ether oxygens (including phenoxy) is 1. The van der Waals surface area contributed by atoms with E-state index in [2.05, 4.69) is 34.4 Å². The van der Waals surface area contributed by atoms with Crippen LogP contribution >= 0.6 is 0 Å². The van der Waals surface area contributed by atoms with Gasteiger partial charge in [-0.05, 0) is 30.4 Å². The van der Waals surface area contributed by atoms with E-state index in [0.717, 1.165) is 18.7 Å². The molecule has 5 heteroatoms. The lowest BCUT2D eigenvalue weighted by Gasteiger charge is -2.04. The Morgan fingerprint density at radius 3 is 2.70 bits per heavy atom. The van der Waals surface area contributed by atoms with Gasteiger partial charge in [-0.3, -0.25) is 0 Å². The van der Waals surface area contributed by atoms with Crippen molar-refractivity contribution in [1.29, 1.82) is 0 Å². The van der Waals surface area contributed by atoms with Crippen molar-refractivity contribution in [1.82, 2.24) is 10.1 Å². The fourth-order valence-electron chi connectivity index (χ4n) is 2.67. The Kier molecular flexibility index (Phi) is 3.80. The SMILES string of the molecule is COCCC(N)c1nc(C2Cc3ccccc3C2)no1. The van der Waals surface area contributed by atoms with Crippen molar-refractivity contribution in [3.63, 3.8) is 0 Å². The fraction of sp³-hybridized carbons (Fsp3) is 0.467. The number of rotatable bonds is 5. The van der Waals surface area contributed by atoms with E-state index in [9.17, 15) is 0 Å². The van der Waals surface area contributed by atoms with Crippen LogP contribution < -0.4 is 5.73 Å². The van der Waals surface area contributed by atoms with Crippen LogP contribution in [-0.2, 0) is 17.6 Å². The van der Waals surface area contributed by atoms with Crippen LogP contribution in [-0.4, -0.2) is 23.9 Å². The molecule has 0 amide bonds. The van der Waals surface area contributed by atoms with Crippen LogP contribution in [0.2, 0.25) is 0 Å². The Balaban J connectivity index is 1.69. The van der Waals surface area contributed by atoms with Gasteiger partial charge in [-0.25, -0.2) is 0 Å². The summed E-state index contributed by atoms with van der Waals surface area (Å²) < 4.78 is 10.3. The van der Waals surface area contributed by atoms with Crippen LogP contribution in [0.3, 0.4) is 0 Å². The van der Waals surface area contributed by atoms with E-state index in [-0.39, 0.29) is 6.04 Å². The minimum atomic E-state index is -0.250. The zero-order chi connectivity index (χ0) is 13.9. The Morgan fingerprint density at radius 1 is 1.35 bits per heavy atom. The van der Waals surface area contributed by atoms with Crippen LogP contribution in [0.15, 0.2) is 28.8 Å². The number of aromatic nitrogens is 2. The van der Waals surface area contributed by atoms with E-state index in [1.165, 1.54) is 11.1 Å². The first-order valence-corrected chi connectivity index (χ1v) is 6.92. The maximum absolute atomic E-state index is 6.00. The summed E-state index contributed by atoms with van der Waals surface area (Å²) in [5.41, 5.74) is 8.76. The van der Waals surface area contributed by atoms with Crippen molar-refractivity contribution in [2.24, 2.45) is 5.73 Å². The summed E-state index contributed by atoms with van der Waals surface area (Å²) in [6.45, 7) is 0.591. The zero-order valence-electron chi connectivity index (χ0n) is 11.6. The average molecular weight is 273 g/mol. The number of benzene rings is 1. The van der Waals surface area contributed by atoms with Crippen molar-refractivity contribution in [2.45, 2.75) is 31.2 Å². The summed E-state index contributed by atoms with van der Waals surface area (Å²) >= 11 is 0. The topological polar surface area (TPSA) is 74.2 Å². The summed E-state index contributed by atoms with van der Waals surface area (Å²) in [6.07, 6.45) is 2.63. The molecule has 1 aliphatic carbocycles. The number of nitrogens with two attached hydrogens (primary N) is 1. The van der Waals surface area contributed by atoms with Crippen LogP contribution in [0.5, 0.6) is 0 Å². The third-order valence-electron chi connectivity index (χ3n) is 3.82. The minimum Gasteiger partial charge on any atom is -0.385 e. The molecule has 1 aromatic heterocycles. The highest BCUT2D eigenvalue weighted by atomic mass is 16.5. The predicted molar refractivity (Wildman–Crippen MR) is 74.3 cm³/mol. The molecular formula is C15H19N3O2. The maximum atomic E-state index is 6.00. The van der Waals surface area contributed by atoms with E-state index >= 15 is 0 Å². The fourth-order valence-corrected chi connectivity index (χ4v) is 2.67. The second-order valence-electron chi connectivity index (χ2n) is 5.25. The molecule has 0 saturated heterocycles. The minimum absolute atomic E-state index is 0.250. The molecule has 5 nitrogen and oxygen atoms in total. The normalized spacial score (nSPS) is 16.3. The number of fused-ring (bicyclic) bond motifs is 1. The lowest BCUT2D eigenvalue weighted by Crippen LogP contribution is -2.13. The first-order valence-electron chi connectivity index (χ1n) is 6.92. The van der Waals surface area contributed by atoms with Crippen molar-refractivity contribution < 1.29 is 9.26 Å². The van der Waals surface area contributed by atoms with Crippen LogP contribution in [0.1, 0.15) is 41.2 Å². The molecule has 1 atom stereocenters. The molecule has 1 unspecified atom stereocenters. The molecule has 0 radical (unpaired) electrons. The van der Waals surface area contributed by atoms with Gasteiger partial charge in [0.1, 0.15) is 0 Å². The molecule has 1 heterocycles. The van der Waals surface area contributed by atoms with Gasteiger partial charge in [0.2, 0.25) is 5.89 Å². The van der Waals surface area contributed by atoms with Crippen LogP contribution in [0.4, 0.5) is 0 Å². The summed E-state index contributed by atoms with van der Waals surface area (Å²) in [7, 11) is 1.65. The molecule has 0 bridgehead atoms. The zero-order valence-corrected chi connectivity index (χ0v) is 11.6. The van der Waals surface area contributed by atoms with E-state index < -0.39 is 0 Å². The molecule has 1 aliphatic rings. The van der Waals surface area contributed by atoms with E-state index in [1.54, 1.807) is 7.11 Å². The van der Waals surface area contributed by atoms with Gasteiger partial charge in [0.25, 0.3) is 0 Å². The van der Waals surface area contributed by atoms with Crippen molar-refractivity contribution in [3.8, 4) is 0 Å². The van der Waals surface area contributed by atoms with E-state index in [0.29, 0.717) is 24.8 Å². The highest BCUT2D eigenvalue weighted by molar-refractivity contribution is 5.34. The van der Waals surface area contributed by atoms with Gasteiger partial charge in [-0.15, -0.1) is 0 Å². The van der Waals surface area contributed by atoms with Crippen molar-refractivity contribution >= 4 is 0 Å². The Labute approximate surface area is 118 Å². The van der Waals surface area contributed by atoms with E-state index in [1.807, 2.05) is 0 Å². The molecule has 0 aliphatic heterocycles. The summed E-state index contributed by atoms with van der Waals surface area (Å²) in [6, 6.07) is 8.23. The smallest absolute Gasteiger partial charge is 0.243 e. The second kappa shape index (κ2) is 5.73. The average Bonchev–Trinajstić information content (AvgIpc) is 3.10. The number of hydrogen-bond acceptors (Lipinski definition) is 5. The van der Waals surface area contributed by atoms with Gasteiger partial charge < -0.3 is 15.0 Å². The second-order valence-corrected chi connectivity index (χ2v) is 5.25. The predicted octanol–water partition coefficient (Wildman–Crippen LogP) is 1.99. The summed E-state index contributed by atoms with van der Waals surface area (Å²) in [5, 5.41) is 4.10. The van der Waals surface area contributed by atoms with Crippen molar-refractivity contribution in [3.05, 3.63) is 47.1 Å². The number of methoxy groups -OCH3 is 1. The van der Waals surface area contributed by atoms with Crippen LogP contribution in [0, 0.1) is 0 Å². The monoisotopic (exact) mass is 273 g/mol. The molecule has 0 saturated carbocycles. The molecule has 106 valence electrons. The first kappa shape index (κ1) is 13.3. The Bertz CT molecular complexity index is 557. The quantitative estimate of drug-likeness (QED) is 0.901. The standard InChI is InChI=1S/C15H19N3O2/c1-19-7-6-13(16)15-17-14(18-20-15)12-8-10-4-2-3-5-11(10)9-12/h2-5,12-13H,6-9,16H2,1H3. The van der Waals surface area contributed by atoms with Gasteiger partial charge in [0.15, 0.2) is 5.82 Å². The van der Waals surface area contributed by atoms with E-state index in [4.69, 9.17) is 15.0 Å². The molecule has 0 spiro atoms. The van der Waals surface area contributed by atoms with Crippen LogP contribution in [0.25, 0.3) is 0 Å². The summed E-state index contributed by atoms with van der Waals surface area (Å²) in [4.78, 5) is 4.47. The first-order chi connectivity index (χ1) is 9.78. The third kappa shape index (κ3) is 2.59.